The van der Waals surface area contributed by atoms with Gasteiger partial charge in [0.2, 0.25) is 0 Å². The summed E-state index contributed by atoms with van der Waals surface area (Å²) in [5, 5.41) is 6.56. The molecule has 0 aliphatic heterocycles. The first-order valence-electron chi connectivity index (χ1n) is 8.62. The van der Waals surface area contributed by atoms with Gasteiger partial charge in [-0.1, -0.05) is 35.3 Å². The average Bonchev–Trinajstić information content (AvgIpc) is 2.59. The zero-order chi connectivity index (χ0) is 20.1. The van der Waals surface area contributed by atoms with Crippen LogP contribution in [0, 0.1) is 13.8 Å². The van der Waals surface area contributed by atoms with Gasteiger partial charge >= 0.3 is 0 Å². The van der Waals surface area contributed by atoms with Crippen LogP contribution in [0.25, 0.3) is 0 Å². The highest BCUT2D eigenvalue weighted by Gasteiger charge is 2.24. The van der Waals surface area contributed by atoms with Crippen molar-refractivity contribution in [3.63, 3.8) is 0 Å². The molecule has 0 saturated carbocycles. The van der Waals surface area contributed by atoms with Gasteiger partial charge in [0.25, 0.3) is 11.8 Å². The van der Waals surface area contributed by atoms with Crippen LogP contribution < -0.4 is 15.5 Å². The Morgan fingerprint density at radius 3 is 2.41 bits per heavy atom. The molecule has 0 aliphatic carbocycles. The first-order chi connectivity index (χ1) is 12.7. The topological polar surface area (TPSA) is 62.6 Å². The number of likely N-dealkylation sites (N-methyl/N-ethyl adjacent to an activating group) is 1. The molecular weight excluding hydrogens is 385 g/mol. The van der Waals surface area contributed by atoms with E-state index >= 15 is 0 Å². The molecule has 0 aliphatic rings. The second kappa shape index (κ2) is 9.22. The Kier molecular flexibility index (Phi) is 7.25. The molecule has 2 atom stereocenters. The molecule has 2 aromatic carbocycles. The van der Waals surface area contributed by atoms with Gasteiger partial charge in [0.15, 0.2) is 12.6 Å². The van der Waals surface area contributed by atoms with E-state index in [1.54, 1.807) is 32.2 Å². The summed E-state index contributed by atoms with van der Waals surface area (Å²) >= 11 is 12.0. The molecule has 0 bridgehead atoms. The molecule has 2 amide bonds. The predicted molar refractivity (Wildman–Crippen MR) is 111 cm³/mol. The Bertz CT molecular complexity index is 855. The summed E-state index contributed by atoms with van der Waals surface area (Å²) in [6.07, 6.45) is 0. The molecule has 2 rings (SSSR count). The average molecular weight is 409 g/mol. The first-order valence-corrected chi connectivity index (χ1v) is 9.38. The van der Waals surface area contributed by atoms with Gasteiger partial charge in [0.05, 0.1) is 17.8 Å². The molecule has 0 radical (unpaired) electrons. The van der Waals surface area contributed by atoms with E-state index in [0.717, 1.165) is 21.7 Å². The fourth-order valence-corrected chi connectivity index (χ4v) is 2.98. The third-order valence-corrected chi connectivity index (χ3v) is 4.98. The molecule has 27 heavy (non-hydrogen) atoms. The molecule has 5 nitrogen and oxygen atoms in total. The fraction of sp³-hybridized carbons (Fsp3) is 0.300. The van der Waals surface area contributed by atoms with Gasteiger partial charge < -0.3 is 15.5 Å². The number of hydrogen-bond donors (Lipinski definition) is 3. The molecule has 7 heteroatoms. The molecule has 3 N–H and O–H groups in total. The number of aryl methyl sites for hydroxylation is 2. The Balaban J connectivity index is 1.95. The lowest BCUT2D eigenvalue weighted by Crippen LogP contribution is -3.14. The number of carbonyl (C=O) groups is 2. The van der Waals surface area contributed by atoms with Crippen molar-refractivity contribution in [2.45, 2.75) is 26.8 Å². The van der Waals surface area contributed by atoms with Crippen LogP contribution in [0.2, 0.25) is 10.0 Å². The Morgan fingerprint density at radius 1 is 1.04 bits per heavy atom. The van der Waals surface area contributed by atoms with Crippen LogP contribution in [-0.4, -0.2) is 31.4 Å². The number of anilines is 2. The lowest BCUT2D eigenvalue weighted by Gasteiger charge is -2.21. The summed E-state index contributed by atoms with van der Waals surface area (Å²) in [4.78, 5) is 25.6. The zero-order valence-corrected chi connectivity index (χ0v) is 17.3. The van der Waals surface area contributed by atoms with Crippen LogP contribution in [0.4, 0.5) is 11.4 Å². The smallest absolute Gasteiger partial charge is 0.282 e. The van der Waals surface area contributed by atoms with Gasteiger partial charge in [-0.15, -0.1) is 0 Å². The number of amides is 2. The Hall–Kier alpha value is -2.08. The largest absolute Gasteiger partial charge is 0.321 e. The SMILES string of the molecule is Cc1ccc(C)c(NC(=O)C[NH+](C)[C@@H](C)C(=O)Nc2ccc(Cl)cc2Cl)c1. The maximum atomic E-state index is 12.5. The van der Waals surface area contributed by atoms with Crippen molar-refractivity contribution in [1.29, 1.82) is 0 Å². The molecule has 0 spiro atoms. The first kappa shape index (κ1) is 21.2. The molecule has 0 saturated heterocycles. The minimum Gasteiger partial charge on any atom is -0.321 e. The summed E-state index contributed by atoms with van der Waals surface area (Å²) in [7, 11) is 1.80. The van der Waals surface area contributed by atoms with E-state index in [2.05, 4.69) is 10.6 Å². The van der Waals surface area contributed by atoms with Crippen molar-refractivity contribution in [1.82, 2.24) is 0 Å². The van der Waals surface area contributed by atoms with Gasteiger partial charge in [0.1, 0.15) is 0 Å². The number of rotatable bonds is 6. The Labute approximate surface area is 169 Å². The van der Waals surface area contributed by atoms with Crippen molar-refractivity contribution >= 4 is 46.4 Å². The van der Waals surface area contributed by atoms with Crippen LogP contribution in [0.15, 0.2) is 36.4 Å². The summed E-state index contributed by atoms with van der Waals surface area (Å²) in [6.45, 7) is 5.84. The van der Waals surface area contributed by atoms with Crippen molar-refractivity contribution in [3.05, 3.63) is 57.6 Å². The highest BCUT2D eigenvalue weighted by atomic mass is 35.5. The number of hydrogen-bond acceptors (Lipinski definition) is 2. The summed E-state index contributed by atoms with van der Waals surface area (Å²) < 4.78 is 0. The zero-order valence-electron chi connectivity index (χ0n) is 15.8. The third-order valence-electron chi connectivity index (χ3n) is 4.43. The van der Waals surface area contributed by atoms with Gasteiger partial charge in [-0.3, -0.25) is 9.59 Å². The standard InChI is InChI=1S/C20H23Cl2N3O2/c1-12-5-6-13(2)18(9-12)23-19(26)11-25(4)14(3)20(27)24-17-8-7-15(21)10-16(17)22/h5-10,14H,11H2,1-4H3,(H,23,26)(H,24,27)/p+1/t14-/m0/s1. The van der Waals surface area contributed by atoms with Gasteiger partial charge in [-0.05, 0) is 56.2 Å². The normalized spacial score (nSPS) is 13.0. The molecule has 0 aromatic heterocycles. The predicted octanol–water partition coefficient (Wildman–Crippen LogP) is 3.09. The minimum atomic E-state index is -0.443. The second-order valence-electron chi connectivity index (χ2n) is 6.72. The van der Waals surface area contributed by atoms with Crippen LogP contribution >= 0.6 is 23.2 Å². The van der Waals surface area contributed by atoms with Crippen LogP contribution in [0.1, 0.15) is 18.1 Å². The van der Waals surface area contributed by atoms with Crippen molar-refractivity contribution < 1.29 is 14.5 Å². The maximum absolute atomic E-state index is 12.5. The highest BCUT2D eigenvalue weighted by molar-refractivity contribution is 6.36. The quantitative estimate of drug-likeness (QED) is 0.687. The number of halogens is 2. The highest BCUT2D eigenvalue weighted by Crippen LogP contribution is 2.25. The monoisotopic (exact) mass is 408 g/mol. The number of carbonyl (C=O) groups excluding carboxylic acids is 2. The summed E-state index contributed by atoms with van der Waals surface area (Å²) in [6, 6.07) is 10.3. The van der Waals surface area contributed by atoms with E-state index in [-0.39, 0.29) is 18.4 Å². The van der Waals surface area contributed by atoms with Crippen LogP contribution in [0.5, 0.6) is 0 Å². The van der Waals surface area contributed by atoms with E-state index in [1.165, 1.54) is 0 Å². The number of benzene rings is 2. The van der Waals surface area contributed by atoms with Gasteiger partial charge in [-0.25, -0.2) is 0 Å². The number of quaternary nitrogens is 1. The van der Waals surface area contributed by atoms with E-state index in [4.69, 9.17) is 23.2 Å². The maximum Gasteiger partial charge on any atom is 0.282 e. The van der Waals surface area contributed by atoms with Gasteiger partial charge in [-0.2, -0.15) is 0 Å². The van der Waals surface area contributed by atoms with Crippen molar-refractivity contribution in [3.8, 4) is 0 Å². The van der Waals surface area contributed by atoms with E-state index in [9.17, 15) is 9.59 Å². The van der Waals surface area contributed by atoms with Crippen molar-refractivity contribution in [2.75, 3.05) is 24.2 Å². The fourth-order valence-electron chi connectivity index (χ4n) is 2.53. The third kappa shape index (κ3) is 5.96. The molecular formula is C20H24Cl2N3O2+. The van der Waals surface area contributed by atoms with E-state index < -0.39 is 6.04 Å². The molecule has 0 fully saturated rings. The second-order valence-corrected chi connectivity index (χ2v) is 7.57. The lowest BCUT2D eigenvalue weighted by atomic mass is 10.1. The van der Waals surface area contributed by atoms with Crippen molar-refractivity contribution in [2.24, 2.45) is 0 Å². The molecule has 144 valence electrons. The van der Waals surface area contributed by atoms with E-state index in [1.807, 2.05) is 32.0 Å². The Morgan fingerprint density at radius 2 is 1.74 bits per heavy atom. The molecule has 1 unspecified atom stereocenters. The minimum absolute atomic E-state index is 0.148. The van der Waals surface area contributed by atoms with Gasteiger partial charge in [0, 0.05) is 10.7 Å². The summed E-state index contributed by atoms with van der Waals surface area (Å²) in [5.41, 5.74) is 3.35. The van der Waals surface area contributed by atoms with Crippen LogP contribution in [0.3, 0.4) is 0 Å². The van der Waals surface area contributed by atoms with Crippen LogP contribution in [-0.2, 0) is 9.59 Å². The van der Waals surface area contributed by atoms with E-state index in [0.29, 0.717) is 15.7 Å². The lowest BCUT2D eigenvalue weighted by molar-refractivity contribution is -0.885. The summed E-state index contributed by atoms with van der Waals surface area (Å²) in [5.74, 6) is -0.373. The molecule has 0 heterocycles. The molecule has 2 aromatic rings. The number of nitrogens with one attached hydrogen (secondary N) is 3.